The summed E-state index contributed by atoms with van der Waals surface area (Å²) in [7, 11) is 0. The van der Waals surface area contributed by atoms with Gasteiger partial charge in [-0.15, -0.1) is 0 Å². The molecule has 1 aliphatic rings. The van der Waals surface area contributed by atoms with Gasteiger partial charge in [0.1, 0.15) is 18.2 Å². The Labute approximate surface area is 156 Å². The van der Waals surface area contributed by atoms with Gasteiger partial charge in [-0.05, 0) is 43.0 Å². The molecule has 2 rings (SSSR count). The fourth-order valence-electron chi connectivity index (χ4n) is 2.79. The van der Waals surface area contributed by atoms with E-state index in [1.807, 2.05) is 0 Å². The molecule has 0 bridgehead atoms. The summed E-state index contributed by atoms with van der Waals surface area (Å²) in [5.74, 6) is -1.09. The molecule has 1 aliphatic heterocycles. The molecule has 8 heteroatoms. The zero-order valence-corrected chi connectivity index (χ0v) is 15.0. The molecule has 140 valence electrons. The second-order valence-electron chi connectivity index (χ2n) is 5.98. The van der Waals surface area contributed by atoms with E-state index in [-0.39, 0.29) is 25.6 Å². The summed E-state index contributed by atoms with van der Waals surface area (Å²) < 4.78 is 19.2. The Hall–Kier alpha value is -2.32. The fraction of sp³-hybridized carbons (Fsp3) is 0.389. The van der Waals surface area contributed by atoms with Crippen LogP contribution in [0.15, 0.2) is 24.3 Å². The number of carbonyl (C=O) groups excluding carboxylic acids is 2. The molecule has 26 heavy (non-hydrogen) atoms. The molecular weight excluding hydrogens is 359 g/mol. The molecule has 1 atom stereocenters. The van der Waals surface area contributed by atoms with Gasteiger partial charge in [-0.3, -0.25) is 9.59 Å². The van der Waals surface area contributed by atoms with Gasteiger partial charge in [0.2, 0.25) is 11.8 Å². The van der Waals surface area contributed by atoms with E-state index in [2.05, 4.69) is 5.32 Å². The summed E-state index contributed by atoms with van der Waals surface area (Å²) in [6, 6.07) is 4.02. The minimum Gasteiger partial charge on any atom is -0.491 e. The molecule has 0 saturated carbocycles. The number of aliphatic hydroxyl groups is 1. The molecule has 0 spiro atoms. The van der Waals surface area contributed by atoms with Crippen molar-refractivity contribution in [2.45, 2.75) is 25.7 Å². The van der Waals surface area contributed by atoms with Crippen LogP contribution < -0.4 is 15.8 Å². The van der Waals surface area contributed by atoms with Crippen LogP contribution in [0.1, 0.15) is 31.2 Å². The number of nitrogens with one attached hydrogen (secondary N) is 1. The molecule has 1 aromatic rings. The number of allylic oxidation sites excluding steroid dienone is 1. The number of ether oxygens (including phenoxy) is 1. The molecule has 2 amide bonds. The molecule has 0 aromatic heterocycles. The smallest absolute Gasteiger partial charge is 0.249 e. The lowest BCUT2D eigenvalue weighted by molar-refractivity contribution is -0.118. The third-order valence-corrected chi connectivity index (χ3v) is 4.50. The topological polar surface area (TPSA) is 102 Å². The second-order valence-corrected chi connectivity index (χ2v) is 6.42. The normalized spacial score (nSPS) is 17.8. The molecule has 1 aromatic carbocycles. The van der Waals surface area contributed by atoms with Crippen molar-refractivity contribution in [3.05, 3.63) is 35.7 Å². The number of halogens is 1. The van der Waals surface area contributed by atoms with E-state index in [1.54, 1.807) is 0 Å². The van der Waals surface area contributed by atoms with Crippen LogP contribution in [-0.4, -0.2) is 35.1 Å². The first-order chi connectivity index (χ1) is 12.4. The van der Waals surface area contributed by atoms with E-state index in [0.29, 0.717) is 41.1 Å². The van der Waals surface area contributed by atoms with Gasteiger partial charge in [0, 0.05) is 24.0 Å². The maximum absolute atomic E-state index is 13.7. The van der Waals surface area contributed by atoms with E-state index in [4.69, 9.17) is 27.8 Å². The van der Waals surface area contributed by atoms with Crippen LogP contribution in [0.5, 0.6) is 5.75 Å². The number of thiocarbonyl (C=S) groups is 1. The van der Waals surface area contributed by atoms with E-state index in [9.17, 15) is 14.0 Å². The monoisotopic (exact) mass is 380 g/mol. The first-order valence-corrected chi connectivity index (χ1v) is 8.68. The second kappa shape index (κ2) is 9.40. The lowest BCUT2D eigenvalue weighted by Crippen LogP contribution is -2.35. The molecule has 1 unspecified atom stereocenters. The highest BCUT2D eigenvalue weighted by Crippen LogP contribution is 2.33. The molecule has 0 fully saturated rings. The zero-order valence-electron chi connectivity index (χ0n) is 14.2. The van der Waals surface area contributed by atoms with Crippen LogP contribution in [-0.2, 0) is 9.59 Å². The molecule has 0 aliphatic carbocycles. The van der Waals surface area contributed by atoms with Crippen molar-refractivity contribution >= 4 is 34.6 Å². The molecule has 6 nitrogen and oxygen atoms in total. The largest absolute Gasteiger partial charge is 0.491 e. The molecular formula is C18H21FN2O4S. The van der Waals surface area contributed by atoms with E-state index in [0.717, 1.165) is 0 Å². The molecule has 0 saturated heterocycles. The van der Waals surface area contributed by atoms with Crippen LogP contribution in [0.2, 0.25) is 0 Å². The van der Waals surface area contributed by atoms with Crippen LogP contribution in [0.3, 0.4) is 0 Å². The van der Waals surface area contributed by atoms with Crippen molar-refractivity contribution in [3.8, 4) is 5.75 Å². The minimum atomic E-state index is -0.458. The third-order valence-electron chi connectivity index (χ3n) is 4.06. The van der Waals surface area contributed by atoms with E-state index in [1.165, 1.54) is 24.3 Å². The lowest BCUT2D eigenvalue weighted by atomic mass is 9.90. The van der Waals surface area contributed by atoms with Gasteiger partial charge in [-0.2, -0.15) is 0 Å². The standard InChI is InChI=1S/C18H21FN2O4S/c19-13-4-5-15(25-8-7-22)14(10-13)12-2-1-11(3-6-16(20)23)18(26)21-17(24)9-12/h4-5,9-11,22H,1-3,6-8H2,(H2,20,23)(H,21,24,26). The van der Waals surface area contributed by atoms with Crippen molar-refractivity contribution in [1.29, 1.82) is 0 Å². The Kier molecular flexibility index (Phi) is 7.23. The summed E-state index contributed by atoms with van der Waals surface area (Å²) in [6.07, 6.45) is 3.02. The van der Waals surface area contributed by atoms with E-state index >= 15 is 0 Å². The number of nitrogens with two attached hydrogens (primary N) is 1. The summed E-state index contributed by atoms with van der Waals surface area (Å²) >= 11 is 5.24. The number of amides is 2. The SMILES string of the molecule is NC(=O)CCC1CCC(c2cc(F)ccc2OCCO)=CC(=O)NC1=S. The number of benzene rings is 1. The van der Waals surface area contributed by atoms with Gasteiger partial charge in [-0.25, -0.2) is 4.39 Å². The maximum Gasteiger partial charge on any atom is 0.249 e. The number of primary amides is 1. The van der Waals surface area contributed by atoms with Crippen molar-refractivity contribution in [1.82, 2.24) is 5.32 Å². The van der Waals surface area contributed by atoms with Crippen LogP contribution in [0, 0.1) is 11.7 Å². The summed E-state index contributed by atoms with van der Waals surface area (Å²) in [6.45, 7) is -0.122. The quantitative estimate of drug-likeness (QED) is 0.625. The number of hydrogen-bond acceptors (Lipinski definition) is 5. The van der Waals surface area contributed by atoms with E-state index < -0.39 is 17.6 Å². The Morgan fingerprint density at radius 3 is 2.92 bits per heavy atom. The van der Waals surface area contributed by atoms with Crippen molar-refractivity contribution in [3.63, 3.8) is 0 Å². The van der Waals surface area contributed by atoms with Crippen LogP contribution in [0.4, 0.5) is 4.39 Å². The fourth-order valence-corrected chi connectivity index (χ4v) is 3.13. The first kappa shape index (κ1) is 20.0. The lowest BCUT2D eigenvalue weighted by Gasteiger charge is -2.22. The highest BCUT2D eigenvalue weighted by atomic mass is 32.1. The number of carbonyl (C=O) groups is 2. The number of aliphatic hydroxyl groups excluding tert-OH is 1. The van der Waals surface area contributed by atoms with Gasteiger partial charge in [0.15, 0.2) is 0 Å². The summed E-state index contributed by atoms with van der Waals surface area (Å²) in [5, 5.41) is 11.6. The molecule has 1 heterocycles. The average Bonchev–Trinajstić information content (AvgIpc) is 2.57. The molecule has 0 radical (unpaired) electrons. The Bertz CT molecular complexity index is 736. The summed E-state index contributed by atoms with van der Waals surface area (Å²) in [5.41, 5.74) is 6.25. The van der Waals surface area contributed by atoms with Gasteiger partial charge < -0.3 is 20.9 Å². The Morgan fingerprint density at radius 1 is 1.46 bits per heavy atom. The van der Waals surface area contributed by atoms with Gasteiger partial charge in [0.25, 0.3) is 0 Å². The van der Waals surface area contributed by atoms with Gasteiger partial charge >= 0.3 is 0 Å². The number of rotatable bonds is 7. The van der Waals surface area contributed by atoms with Gasteiger partial charge in [-0.1, -0.05) is 12.2 Å². The average molecular weight is 380 g/mol. The van der Waals surface area contributed by atoms with Crippen molar-refractivity contribution < 1.29 is 23.8 Å². The van der Waals surface area contributed by atoms with Gasteiger partial charge in [0.05, 0.1) is 11.6 Å². The highest BCUT2D eigenvalue weighted by Gasteiger charge is 2.22. The number of hydrogen-bond donors (Lipinski definition) is 3. The zero-order chi connectivity index (χ0) is 19.1. The Morgan fingerprint density at radius 2 is 2.23 bits per heavy atom. The predicted octanol–water partition coefficient (Wildman–Crippen LogP) is 1.70. The van der Waals surface area contributed by atoms with Crippen LogP contribution >= 0.6 is 12.2 Å². The minimum absolute atomic E-state index is 0.0590. The van der Waals surface area contributed by atoms with Crippen molar-refractivity contribution in [2.75, 3.05) is 13.2 Å². The first-order valence-electron chi connectivity index (χ1n) is 8.28. The Balaban J connectivity index is 2.28. The maximum atomic E-state index is 13.7. The third kappa shape index (κ3) is 5.60. The predicted molar refractivity (Wildman–Crippen MR) is 98.9 cm³/mol. The highest BCUT2D eigenvalue weighted by molar-refractivity contribution is 7.80. The van der Waals surface area contributed by atoms with Crippen LogP contribution in [0.25, 0.3) is 5.57 Å². The van der Waals surface area contributed by atoms with Crippen molar-refractivity contribution in [2.24, 2.45) is 11.7 Å². The molecule has 4 N–H and O–H groups in total. The summed E-state index contributed by atoms with van der Waals surface area (Å²) in [4.78, 5) is 23.6.